The summed E-state index contributed by atoms with van der Waals surface area (Å²) in [6, 6.07) is 72.2. The summed E-state index contributed by atoms with van der Waals surface area (Å²) in [6.45, 7) is 0. The van der Waals surface area contributed by atoms with Crippen molar-refractivity contribution in [1.29, 1.82) is 0 Å². The number of benzene rings is 7. The van der Waals surface area contributed by atoms with E-state index in [2.05, 4.69) is 82.8 Å². The zero-order chi connectivity index (χ0) is 50.6. The van der Waals surface area contributed by atoms with E-state index in [1.54, 1.807) is 17.8 Å². The van der Waals surface area contributed by atoms with E-state index in [1.165, 1.54) is 54.2 Å². The molecule has 0 unspecified atom stereocenters. The number of anilines is 1. The molecule has 0 saturated carbocycles. The lowest BCUT2D eigenvalue weighted by molar-refractivity contribution is -0.384. The quantitative estimate of drug-likeness (QED) is 0.0327. The molecule has 0 spiro atoms. The number of nitrogen functional groups attached to an aromatic ring is 1. The highest BCUT2D eigenvalue weighted by Crippen LogP contribution is 2.50. The molecule has 0 fully saturated rings. The standard InChI is InChI=1S/C27H22FNOS.C27H21NO4S.C5H5FN2/c28-24-16-17-25(29-19-24)18-26(30)20-31-27(21-10-4-1-5-11-21,22-12-6-2-7-13-22)23-14-8-3-9-15-23;29-26(32-25-18-16-24(17-19-25)28(30)31)20-33-27(21-10-4-1-5-11-21,22-12-6-2-7-13-22)23-14-8-3-9-15-23;6-4-1-2-5(7)8-3-4/h1-17,19H,18,20H2;1-19H,20H2;1-3H,(H2,7,8). The maximum atomic E-state index is 13.1. The summed E-state index contributed by atoms with van der Waals surface area (Å²) < 4.78 is 29.4. The Kier molecular flexibility index (Phi) is 18.3. The van der Waals surface area contributed by atoms with E-state index >= 15 is 0 Å². The van der Waals surface area contributed by atoms with Gasteiger partial charge in [-0.05, 0) is 69.8 Å². The summed E-state index contributed by atoms with van der Waals surface area (Å²) in [5.74, 6) is -0.145. The fraction of sp³-hybridized carbons (Fsp3) is 0.0847. The third-order valence-corrected chi connectivity index (χ3v) is 14.3. The van der Waals surface area contributed by atoms with Crippen molar-refractivity contribution in [3.8, 4) is 5.75 Å². The first kappa shape index (κ1) is 51.6. The molecule has 0 atom stereocenters. The molecule has 13 heteroatoms. The molecule has 2 N–H and O–H groups in total. The average Bonchev–Trinajstić information content (AvgIpc) is 3.43. The number of carbonyl (C=O) groups is 2. The number of pyridine rings is 2. The number of carbonyl (C=O) groups excluding carboxylic acids is 2. The van der Waals surface area contributed by atoms with Crippen LogP contribution in [0.1, 0.15) is 39.1 Å². The average molecular weight is 995 g/mol. The van der Waals surface area contributed by atoms with E-state index < -0.39 is 26.2 Å². The van der Waals surface area contributed by atoms with Crippen LogP contribution < -0.4 is 10.5 Å². The zero-order valence-corrected chi connectivity index (χ0v) is 40.4. The lowest BCUT2D eigenvalue weighted by atomic mass is 9.84. The molecule has 0 amide bonds. The predicted octanol–water partition coefficient (Wildman–Crippen LogP) is 13.1. The second-order valence-corrected chi connectivity index (χ2v) is 18.3. The summed E-state index contributed by atoms with van der Waals surface area (Å²) in [5, 5.41) is 10.8. The Hall–Kier alpha value is -8.26. The van der Waals surface area contributed by atoms with Gasteiger partial charge in [0.1, 0.15) is 29.0 Å². The van der Waals surface area contributed by atoms with Crippen molar-refractivity contribution in [2.24, 2.45) is 0 Å². The van der Waals surface area contributed by atoms with E-state index in [0.29, 0.717) is 17.3 Å². The molecule has 7 aromatic carbocycles. The van der Waals surface area contributed by atoms with Crippen LogP contribution in [0.25, 0.3) is 0 Å². The Balaban J connectivity index is 0.000000183. The minimum absolute atomic E-state index is 0.0521. The van der Waals surface area contributed by atoms with Gasteiger partial charge in [-0.2, -0.15) is 0 Å². The lowest BCUT2D eigenvalue weighted by Crippen LogP contribution is -2.28. The van der Waals surface area contributed by atoms with Crippen LogP contribution in [0.2, 0.25) is 0 Å². The maximum absolute atomic E-state index is 13.1. The molecule has 0 aliphatic heterocycles. The molecule has 0 aliphatic carbocycles. The Morgan fingerprint density at radius 1 is 0.500 bits per heavy atom. The van der Waals surface area contributed by atoms with Crippen molar-refractivity contribution in [1.82, 2.24) is 9.97 Å². The molecular formula is C59H48F2N4O5S2. The highest BCUT2D eigenvalue weighted by atomic mass is 32.2. The first-order valence-electron chi connectivity index (χ1n) is 22.6. The lowest BCUT2D eigenvalue weighted by Gasteiger charge is -2.35. The Morgan fingerprint density at radius 3 is 1.18 bits per heavy atom. The number of nitrogens with two attached hydrogens (primary N) is 1. The number of nitro groups is 1. The number of non-ortho nitro benzene ring substituents is 1. The number of hydrogen-bond donors (Lipinski definition) is 1. The number of nitro benzene ring substituents is 1. The number of aromatic nitrogens is 2. The van der Waals surface area contributed by atoms with Crippen molar-refractivity contribution in [3.63, 3.8) is 0 Å². The van der Waals surface area contributed by atoms with E-state index in [4.69, 9.17) is 10.5 Å². The van der Waals surface area contributed by atoms with Gasteiger partial charge in [-0.1, -0.05) is 182 Å². The van der Waals surface area contributed by atoms with E-state index in [0.717, 1.165) is 45.8 Å². The highest BCUT2D eigenvalue weighted by Gasteiger charge is 2.39. The molecule has 0 bridgehead atoms. The van der Waals surface area contributed by atoms with Crippen molar-refractivity contribution >= 4 is 46.8 Å². The van der Waals surface area contributed by atoms with Gasteiger partial charge < -0.3 is 10.5 Å². The Labute approximate surface area is 425 Å². The van der Waals surface area contributed by atoms with Crippen LogP contribution in [0.5, 0.6) is 5.75 Å². The summed E-state index contributed by atoms with van der Waals surface area (Å²) in [7, 11) is 0. The van der Waals surface area contributed by atoms with E-state index in [9.17, 15) is 28.5 Å². The van der Waals surface area contributed by atoms with Crippen LogP contribution in [0.4, 0.5) is 20.3 Å². The summed E-state index contributed by atoms with van der Waals surface area (Å²) in [4.78, 5) is 43.5. The zero-order valence-electron chi connectivity index (χ0n) is 38.7. The highest BCUT2D eigenvalue weighted by molar-refractivity contribution is 8.01. The van der Waals surface area contributed by atoms with Crippen LogP contribution in [0.15, 0.2) is 243 Å². The van der Waals surface area contributed by atoms with Crippen molar-refractivity contribution in [2.75, 3.05) is 17.2 Å². The number of Topliss-reactive ketones (excluding diaryl/α,β-unsaturated/α-hetero) is 1. The van der Waals surface area contributed by atoms with Gasteiger partial charge in [-0.15, -0.1) is 23.5 Å². The van der Waals surface area contributed by atoms with Crippen molar-refractivity contribution in [2.45, 2.75) is 15.9 Å². The summed E-state index contributed by atoms with van der Waals surface area (Å²) >= 11 is 3.09. The largest absolute Gasteiger partial charge is 0.426 e. The number of rotatable bonds is 16. The van der Waals surface area contributed by atoms with Gasteiger partial charge in [0.05, 0.1) is 38.3 Å². The minimum atomic E-state index is -0.627. The molecule has 9 rings (SSSR count). The van der Waals surface area contributed by atoms with Gasteiger partial charge in [0.25, 0.3) is 5.69 Å². The fourth-order valence-corrected chi connectivity index (χ4v) is 10.5. The number of nitrogens with zero attached hydrogens (tertiary/aromatic N) is 3. The number of ether oxygens (including phenoxy) is 1. The minimum Gasteiger partial charge on any atom is -0.426 e. The molecule has 360 valence electrons. The molecular weight excluding hydrogens is 947 g/mol. The number of ketones is 1. The van der Waals surface area contributed by atoms with Crippen LogP contribution in [0.3, 0.4) is 0 Å². The number of thioether (sulfide) groups is 2. The Morgan fingerprint density at radius 2 is 0.861 bits per heavy atom. The number of esters is 1. The van der Waals surface area contributed by atoms with Gasteiger partial charge >= 0.3 is 5.97 Å². The third kappa shape index (κ3) is 13.5. The van der Waals surface area contributed by atoms with Crippen molar-refractivity contribution < 1.29 is 28.0 Å². The van der Waals surface area contributed by atoms with Crippen LogP contribution in [-0.4, -0.2) is 38.1 Å². The fourth-order valence-electron chi connectivity index (χ4n) is 7.84. The molecule has 0 radical (unpaired) electrons. The van der Waals surface area contributed by atoms with Gasteiger partial charge in [0.2, 0.25) is 0 Å². The topological polar surface area (TPSA) is 138 Å². The number of hydrogen-bond acceptors (Lipinski definition) is 10. The van der Waals surface area contributed by atoms with Crippen molar-refractivity contribution in [3.05, 3.63) is 304 Å². The normalized spacial score (nSPS) is 10.9. The summed E-state index contributed by atoms with van der Waals surface area (Å²) in [6.07, 6.45) is 2.41. The maximum Gasteiger partial charge on any atom is 0.321 e. The first-order chi connectivity index (χ1) is 35.1. The van der Waals surface area contributed by atoms with Gasteiger partial charge in [-0.3, -0.25) is 24.7 Å². The second-order valence-electron chi connectivity index (χ2n) is 15.9. The van der Waals surface area contributed by atoms with Crippen LogP contribution in [-0.2, 0) is 25.5 Å². The second kappa shape index (κ2) is 25.6. The van der Waals surface area contributed by atoms with Gasteiger partial charge in [0.15, 0.2) is 0 Å². The van der Waals surface area contributed by atoms with E-state index in [1.807, 2.05) is 109 Å². The van der Waals surface area contributed by atoms with Gasteiger partial charge in [0, 0.05) is 24.2 Å². The monoisotopic (exact) mass is 994 g/mol. The molecule has 9 nitrogen and oxygen atoms in total. The van der Waals surface area contributed by atoms with Gasteiger partial charge in [-0.25, -0.2) is 13.8 Å². The number of halogens is 2. The Bertz CT molecular complexity index is 2880. The molecule has 9 aromatic rings. The predicted molar refractivity (Wildman–Crippen MR) is 284 cm³/mol. The third-order valence-electron chi connectivity index (χ3n) is 11.1. The SMILES string of the molecule is Nc1ccc(F)cn1.O=C(CSC(c1ccccc1)(c1ccccc1)c1ccccc1)Cc1ccc(F)cn1.O=C(CSC(c1ccccc1)(c1ccccc1)c1ccccc1)Oc1ccc([N+](=O)[O-])cc1. The van der Waals surface area contributed by atoms with Crippen LogP contribution >= 0.6 is 23.5 Å². The molecule has 2 aromatic heterocycles. The smallest absolute Gasteiger partial charge is 0.321 e. The van der Waals surface area contributed by atoms with E-state index in [-0.39, 0.29) is 35.2 Å². The molecule has 2 heterocycles. The molecule has 72 heavy (non-hydrogen) atoms. The molecule has 0 saturated heterocycles. The summed E-state index contributed by atoms with van der Waals surface area (Å²) in [5.41, 5.74) is 12.2. The molecule has 0 aliphatic rings. The first-order valence-corrected chi connectivity index (χ1v) is 24.6. The van der Waals surface area contributed by atoms with Crippen LogP contribution in [0, 0.1) is 21.7 Å².